The Balaban J connectivity index is 1.70. The number of amides is 3. The Morgan fingerprint density at radius 2 is 1.74 bits per heavy atom. The average Bonchev–Trinajstić information content (AvgIpc) is 2.76. The molecule has 0 saturated heterocycles. The number of alkyl halides is 3. The summed E-state index contributed by atoms with van der Waals surface area (Å²) in [6, 6.07) is 5.55. The largest absolute Gasteiger partial charge is 0.419 e. The standard InChI is InChI=1S/C22H16ClF5N4O2/c1-11(30-21(34)32-31-20(33)13-7-14(23)10-29-9-13)15-6-5-12(8-18(15)25)16-3-2-4-17(24)19(16)22(26,27)28/h2-11H,1H3,(H,31,33)(H2,30,32,34)/p+1/t11-/m1/s1. The molecular formula is C22H17ClF5N4O2+. The van der Waals surface area contributed by atoms with E-state index >= 15 is 0 Å². The Kier molecular flexibility index (Phi) is 7.35. The first-order chi connectivity index (χ1) is 16.0. The molecule has 0 radical (unpaired) electrons. The van der Waals surface area contributed by atoms with Crippen LogP contribution >= 0.6 is 11.6 Å². The van der Waals surface area contributed by atoms with Gasteiger partial charge in [-0.15, -0.1) is 0 Å². The minimum absolute atomic E-state index is 0.0420. The molecule has 1 aromatic heterocycles. The molecule has 2 aromatic carbocycles. The van der Waals surface area contributed by atoms with Crippen LogP contribution in [0.1, 0.15) is 34.5 Å². The summed E-state index contributed by atoms with van der Waals surface area (Å²) in [5, 5.41) is 2.65. The predicted octanol–water partition coefficient (Wildman–Crippen LogP) is 4.82. The van der Waals surface area contributed by atoms with Gasteiger partial charge in [0.25, 0.3) is 5.91 Å². The summed E-state index contributed by atoms with van der Waals surface area (Å²) in [6.45, 7) is 1.43. The number of rotatable bonds is 4. The third-order valence-electron chi connectivity index (χ3n) is 4.73. The van der Waals surface area contributed by atoms with E-state index < -0.39 is 46.9 Å². The zero-order chi connectivity index (χ0) is 25.0. The van der Waals surface area contributed by atoms with Gasteiger partial charge in [-0.25, -0.2) is 24.0 Å². The first-order valence-corrected chi connectivity index (χ1v) is 10.0. The molecule has 0 saturated carbocycles. The Hall–Kier alpha value is -3.73. The van der Waals surface area contributed by atoms with Crippen molar-refractivity contribution in [3.8, 4) is 11.1 Å². The third-order valence-corrected chi connectivity index (χ3v) is 4.95. The first kappa shape index (κ1) is 24.9. The number of urea groups is 1. The van der Waals surface area contributed by atoms with Crippen LogP contribution in [0.3, 0.4) is 0 Å². The number of carbonyl (C=O) groups excluding carboxylic acids is 2. The molecular weight excluding hydrogens is 483 g/mol. The molecule has 0 fully saturated rings. The molecule has 6 nitrogen and oxygen atoms in total. The summed E-state index contributed by atoms with van der Waals surface area (Å²) in [7, 11) is 0. The zero-order valence-electron chi connectivity index (χ0n) is 17.4. The number of hydrazine groups is 1. The van der Waals surface area contributed by atoms with Gasteiger partial charge in [0.1, 0.15) is 22.2 Å². The van der Waals surface area contributed by atoms with E-state index in [4.69, 9.17) is 11.6 Å². The van der Waals surface area contributed by atoms with Crippen LogP contribution in [-0.2, 0) is 6.18 Å². The topological polar surface area (TPSA) is 84.4 Å². The van der Waals surface area contributed by atoms with E-state index in [1.165, 1.54) is 37.5 Å². The van der Waals surface area contributed by atoms with Crippen molar-refractivity contribution in [1.82, 2.24) is 16.2 Å². The lowest BCUT2D eigenvalue weighted by Gasteiger charge is -2.18. The number of aromatic amines is 1. The predicted molar refractivity (Wildman–Crippen MR) is 112 cm³/mol. The van der Waals surface area contributed by atoms with Gasteiger partial charge >= 0.3 is 12.2 Å². The third kappa shape index (κ3) is 5.79. The molecule has 4 N–H and O–H groups in total. The van der Waals surface area contributed by atoms with Crippen molar-refractivity contribution >= 4 is 23.5 Å². The summed E-state index contributed by atoms with van der Waals surface area (Å²) in [6.07, 6.45) is -2.18. The molecule has 0 unspecified atom stereocenters. The van der Waals surface area contributed by atoms with E-state index in [9.17, 15) is 31.5 Å². The summed E-state index contributed by atoms with van der Waals surface area (Å²) in [4.78, 5) is 26.7. The molecule has 0 bridgehead atoms. The molecule has 3 amide bonds. The van der Waals surface area contributed by atoms with E-state index in [0.29, 0.717) is 6.07 Å². The van der Waals surface area contributed by atoms with Gasteiger partial charge in [-0.05, 0) is 36.2 Å². The lowest BCUT2D eigenvalue weighted by Crippen LogP contribution is -2.47. The van der Waals surface area contributed by atoms with Crippen molar-refractivity contribution in [2.24, 2.45) is 0 Å². The number of benzene rings is 2. The Bertz CT molecular complexity index is 1240. The summed E-state index contributed by atoms with van der Waals surface area (Å²) in [5.41, 5.74) is 2.13. The maximum absolute atomic E-state index is 14.7. The summed E-state index contributed by atoms with van der Waals surface area (Å²) < 4.78 is 68.4. The molecule has 3 rings (SSSR count). The highest BCUT2D eigenvalue weighted by Gasteiger charge is 2.37. The molecule has 1 atom stereocenters. The van der Waals surface area contributed by atoms with E-state index in [0.717, 1.165) is 18.2 Å². The monoisotopic (exact) mass is 499 g/mol. The highest BCUT2D eigenvalue weighted by Crippen LogP contribution is 2.39. The number of carbonyl (C=O) groups is 2. The fourth-order valence-corrected chi connectivity index (χ4v) is 3.35. The van der Waals surface area contributed by atoms with Crippen LogP contribution in [-0.4, -0.2) is 11.9 Å². The van der Waals surface area contributed by atoms with Gasteiger partial charge in [-0.1, -0.05) is 35.9 Å². The van der Waals surface area contributed by atoms with E-state index in [2.05, 4.69) is 21.2 Å². The van der Waals surface area contributed by atoms with Crippen LogP contribution in [0.4, 0.5) is 26.7 Å². The maximum Gasteiger partial charge on any atom is 0.419 e. The molecule has 0 spiro atoms. The number of pyridine rings is 1. The van der Waals surface area contributed by atoms with Gasteiger partial charge in [0.2, 0.25) is 0 Å². The highest BCUT2D eigenvalue weighted by molar-refractivity contribution is 6.30. The van der Waals surface area contributed by atoms with Crippen molar-refractivity contribution in [1.29, 1.82) is 0 Å². The Labute approximate surface area is 195 Å². The van der Waals surface area contributed by atoms with Crippen LogP contribution in [0.25, 0.3) is 11.1 Å². The van der Waals surface area contributed by atoms with Gasteiger partial charge < -0.3 is 5.32 Å². The summed E-state index contributed by atoms with van der Waals surface area (Å²) >= 11 is 5.77. The molecule has 12 heteroatoms. The normalized spacial score (nSPS) is 12.1. The van der Waals surface area contributed by atoms with Crippen molar-refractivity contribution in [2.45, 2.75) is 19.1 Å². The SMILES string of the molecule is C[C@@H](NC(=O)NNC(=O)c1c[nH+]cc(Cl)c1)c1ccc(-c2cccc(F)c2C(F)(F)F)cc1F. The van der Waals surface area contributed by atoms with Gasteiger partial charge in [0.05, 0.1) is 11.6 Å². The number of halogens is 6. The van der Waals surface area contributed by atoms with Crippen LogP contribution in [0.15, 0.2) is 54.9 Å². The zero-order valence-corrected chi connectivity index (χ0v) is 18.1. The van der Waals surface area contributed by atoms with Gasteiger partial charge in [-0.2, -0.15) is 13.2 Å². The van der Waals surface area contributed by atoms with Crippen molar-refractivity contribution in [3.05, 3.63) is 88.2 Å². The van der Waals surface area contributed by atoms with Crippen LogP contribution in [0.2, 0.25) is 5.02 Å². The van der Waals surface area contributed by atoms with Crippen molar-refractivity contribution < 1.29 is 36.5 Å². The van der Waals surface area contributed by atoms with E-state index in [1.807, 2.05) is 0 Å². The Morgan fingerprint density at radius 3 is 2.38 bits per heavy atom. The molecule has 3 aromatic rings. The molecule has 34 heavy (non-hydrogen) atoms. The second-order valence-electron chi connectivity index (χ2n) is 7.11. The van der Waals surface area contributed by atoms with Gasteiger partial charge in [-0.3, -0.25) is 10.2 Å². The van der Waals surface area contributed by atoms with Crippen molar-refractivity contribution in [2.75, 3.05) is 0 Å². The molecule has 1 heterocycles. The number of nitrogens with one attached hydrogen (secondary N) is 4. The first-order valence-electron chi connectivity index (χ1n) is 9.66. The minimum Gasteiger partial charge on any atom is -0.330 e. The Morgan fingerprint density at radius 1 is 1.00 bits per heavy atom. The van der Waals surface area contributed by atoms with Crippen molar-refractivity contribution in [3.63, 3.8) is 0 Å². The van der Waals surface area contributed by atoms with Crippen LogP contribution in [0, 0.1) is 11.6 Å². The highest BCUT2D eigenvalue weighted by atomic mass is 35.5. The van der Waals surface area contributed by atoms with Gasteiger partial charge in [0.15, 0.2) is 12.4 Å². The number of hydrogen-bond acceptors (Lipinski definition) is 2. The molecule has 0 aliphatic rings. The fraction of sp³-hybridized carbons (Fsp3) is 0.136. The minimum atomic E-state index is -4.98. The summed E-state index contributed by atoms with van der Waals surface area (Å²) in [5.74, 6) is -3.06. The average molecular weight is 500 g/mol. The second kappa shape index (κ2) is 10.0. The molecule has 0 aliphatic heterocycles. The number of H-pyrrole nitrogens is 1. The van der Waals surface area contributed by atoms with Gasteiger partial charge in [0, 0.05) is 5.56 Å². The number of hydrogen-bond donors (Lipinski definition) is 3. The van der Waals surface area contributed by atoms with E-state index in [-0.39, 0.29) is 21.7 Å². The lowest BCUT2D eigenvalue weighted by molar-refractivity contribution is -0.378. The van der Waals surface area contributed by atoms with Crippen LogP contribution < -0.4 is 21.2 Å². The lowest BCUT2D eigenvalue weighted by atomic mass is 9.96. The van der Waals surface area contributed by atoms with E-state index in [1.54, 1.807) is 0 Å². The molecule has 0 aliphatic carbocycles. The smallest absolute Gasteiger partial charge is 0.330 e. The molecule has 178 valence electrons. The fourth-order valence-electron chi connectivity index (χ4n) is 3.17. The second-order valence-corrected chi connectivity index (χ2v) is 7.55. The van der Waals surface area contributed by atoms with Crippen LogP contribution in [0.5, 0.6) is 0 Å². The number of aromatic nitrogens is 1. The maximum atomic E-state index is 14.7. The quantitative estimate of drug-likeness (QED) is 0.355.